The molecule has 0 N–H and O–H groups in total. The molecular formula is C18H18ClNO4S. The first-order valence-electron chi connectivity index (χ1n) is 7.75. The summed E-state index contributed by atoms with van der Waals surface area (Å²) in [4.78, 5) is 28.5. The zero-order valence-corrected chi connectivity index (χ0v) is 15.5. The molecule has 0 saturated heterocycles. The Morgan fingerprint density at radius 1 is 1.32 bits per heavy atom. The molecule has 0 unspecified atom stereocenters. The number of carbonyl (C=O) groups excluding carboxylic acids is 2. The fourth-order valence-electron chi connectivity index (χ4n) is 1.95. The van der Waals surface area contributed by atoms with Gasteiger partial charge in [0.1, 0.15) is 5.01 Å². The predicted molar refractivity (Wildman–Crippen MR) is 98.8 cm³/mol. The van der Waals surface area contributed by atoms with Gasteiger partial charge in [0.15, 0.2) is 5.69 Å². The van der Waals surface area contributed by atoms with E-state index in [9.17, 15) is 9.59 Å². The standard InChI is InChI=1S/C18H18ClNO4S/c1-3-4-11-24-15(21)10-9-14-16(18(22)23-2)20-17(25-14)12-7-5-6-8-13(12)19/h5-10H,3-4,11H2,1-2H3/b10-9+. The average molecular weight is 380 g/mol. The average Bonchev–Trinajstić information content (AvgIpc) is 3.04. The minimum atomic E-state index is -0.575. The molecule has 0 aliphatic carbocycles. The highest BCUT2D eigenvalue weighted by Gasteiger charge is 2.19. The van der Waals surface area contributed by atoms with E-state index in [0.29, 0.717) is 27.1 Å². The van der Waals surface area contributed by atoms with Crippen molar-refractivity contribution in [3.05, 3.63) is 45.9 Å². The fraction of sp³-hybridized carbons (Fsp3) is 0.278. The van der Waals surface area contributed by atoms with Gasteiger partial charge in [0, 0.05) is 11.6 Å². The maximum atomic E-state index is 12.0. The lowest BCUT2D eigenvalue weighted by molar-refractivity contribution is -0.137. The number of ether oxygens (including phenoxy) is 2. The van der Waals surface area contributed by atoms with Crippen molar-refractivity contribution < 1.29 is 19.1 Å². The minimum Gasteiger partial charge on any atom is -0.464 e. The van der Waals surface area contributed by atoms with Gasteiger partial charge in [-0.25, -0.2) is 14.6 Å². The molecule has 5 nitrogen and oxygen atoms in total. The molecule has 25 heavy (non-hydrogen) atoms. The highest BCUT2D eigenvalue weighted by molar-refractivity contribution is 7.16. The summed E-state index contributed by atoms with van der Waals surface area (Å²) in [5.74, 6) is -1.04. The Hall–Kier alpha value is -2.18. The molecule has 0 saturated carbocycles. The Kier molecular flexibility index (Phi) is 7.16. The SMILES string of the molecule is CCCCOC(=O)/C=C/c1sc(-c2ccccc2Cl)nc1C(=O)OC. The van der Waals surface area contributed by atoms with Crippen LogP contribution in [-0.2, 0) is 14.3 Å². The van der Waals surface area contributed by atoms with Gasteiger partial charge in [-0.1, -0.05) is 43.1 Å². The number of aromatic nitrogens is 1. The molecule has 0 aliphatic heterocycles. The lowest BCUT2D eigenvalue weighted by atomic mass is 10.2. The second-order valence-electron chi connectivity index (χ2n) is 5.06. The van der Waals surface area contributed by atoms with E-state index in [0.717, 1.165) is 12.8 Å². The molecule has 0 aliphatic rings. The number of rotatable bonds is 7. The maximum absolute atomic E-state index is 12.0. The first-order chi connectivity index (χ1) is 12.1. The first-order valence-corrected chi connectivity index (χ1v) is 8.95. The number of thiazole rings is 1. The summed E-state index contributed by atoms with van der Waals surface area (Å²) in [7, 11) is 1.28. The summed E-state index contributed by atoms with van der Waals surface area (Å²) < 4.78 is 9.83. The van der Waals surface area contributed by atoms with E-state index in [2.05, 4.69) is 4.98 Å². The molecule has 0 amide bonds. The van der Waals surface area contributed by atoms with Crippen LogP contribution in [0.25, 0.3) is 16.6 Å². The number of esters is 2. The molecule has 0 spiro atoms. The quantitative estimate of drug-likeness (QED) is 0.399. The molecule has 1 heterocycles. The minimum absolute atomic E-state index is 0.139. The van der Waals surface area contributed by atoms with Gasteiger partial charge >= 0.3 is 11.9 Å². The van der Waals surface area contributed by atoms with Crippen LogP contribution in [0.1, 0.15) is 35.1 Å². The molecule has 2 aromatic rings. The third kappa shape index (κ3) is 5.14. The van der Waals surface area contributed by atoms with Crippen LogP contribution in [0.4, 0.5) is 0 Å². The van der Waals surface area contributed by atoms with Crippen LogP contribution in [0.5, 0.6) is 0 Å². The first kappa shape index (κ1) is 19.1. The summed E-state index contributed by atoms with van der Waals surface area (Å²) in [6.07, 6.45) is 4.55. The van der Waals surface area contributed by atoms with Gasteiger partial charge in [0.25, 0.3) is 0 Å². The van der Waals surface area contributed by atoms with Crippen molar-refractivity contribution >= 4 is 41.0 Å². The van der Waals surface area contributed by atoms with Crippen LogP contribution in [0.2, 0.25) is 5.02 Å². The number of methoxy groups -OCH3 is 1. The molecule has 0 fully saturated rings. The second kappa shape index (κ2) is 9.34. The molecule has 132 valence electrons. The summed E-state index contributed by atoms with van der Waals surface area (Å²) in [5, 5.41) is 1.10. The lowest BCUT2D eigenvalue weighted by Crippen LogP contribution is -2.04. The topological polar surface area (TPSA) is 65.5 Å². The Bertz CT molecular complexity index is 785. The molecule has 0 radical (unpaired) electrons. The third-order valence-corrected chi connectivity index (χ3v) is 4.63. The second-order valence-corrected chi connectivity index (χ2v) is 6.50. The van der Waals surface area contributed by atoms with Crippen molar-refractivity contribution in [1.29, 1.82) is 0 Å². The van der Waals surface area contributed by atoms with Crippen molar-refractivity contribution in [3.63, 3.8) is 0 Å². The van der Waals surface area contributed by atoms with Crippen LogP contribution in [0.3, 0.4) is 0 Å². The summed E-state index contributed by atoms with van der Waals surface area (Å²) in [6, 6.07) is 7.21. The van der Waals surface area contributed by atoms with Crippen LogP contribution >= 0.6 is 22.9 Å². The Balaban J connectivity index is 2.29. The van der Waals surface area contributed by atoms with Crippen LogP contribution in [0, 0.1) is 0 Å². The molecule has 2 rings (SSSR count). The molecular weight excluding hydrogens is 362 g/mol. The number of nitrogens with zero attached hydrogens (tertiary/aromatic N) is 1. The van der Waals surface area contributed by atoms with Gasteiger partial charge < -0.3 is 9.47 Å². The molecule has 0 bridgehead atoms. The Labute approximate surface area is 155 Å². The van der Waals surface area contributed by atoms with Gasteiger partial charge in [-0.05, 0) is 18.6 Å². The van der Waals surface area contributed by atoms with Gasteiger partial charge in [-0.2, -0.15) is 0 Å². The summed E-state index contributed by atoms with van der Waals surface area (Å²) in [6.45, 7) is 2.39. The molecule has 0 atom stereocenters. The van der Waals surface area contributed by atoms with Crippen molar-refractivity contribution in [2.75, 3.05) is 13.7 Å². The van der Waals surface area contributed by atoms with E-state index in [-0.39, 0.29) is 5.69 Å². The normalized spacial score (nSPS) is 10.8. The predicted octanol–water partition coefficient (Wildman–Crippen LogP) is 4.61. The summed E-state index contributed by atoms with van der Waals surface area (Å²) >= 11 is 7.44. The highest BCUT2D eigenvalue weighted by Crippen LogP contribution is 2.33. The molecule has 1 aromatic heterocycles. The van der Waals surface area contributed by atoms with Crippen LogP contribution in [-0.4, -0.2) is 30.6 Å². The number of benzene rings is 1. The van der Waals surface area contributed by atoms with E-state index < -0.39 is 11.9 Å². The number of carbonyl (C=O) groups is 2. The zero-order valence-electron chi connectivity index (χ0n) is 14.0. The van der Waals surface area contributed by atoms with E-state index in [1.54, 1.807) is 6.07 Å². The van der Waals surface area contributed by atoms with E-state index in [4.69, 9.17) is 21.1 Å². The van der Waals surface area contributed by atoms with Gasteiger partial charge in [0.2, 0.25) is 0 Å². The summed E-state index contributed by atoms with van der Waals surface area (Å²) in [5.41, 5.74) is 0.851. The Morgan fingerprint density at radius 2 is 2.08 bits per heavy atom. The van der Waals surface area contributed by atoms with Crippen molar-refractivity contribution in [2.24, 2.45) is 0 Å². The number of hydrogen-bond donors (Lipinski definition) is 0. The molecule has 7 heteroatoms. The maximum Gasteiger partial charge on any atom is 0.358 e. The van der Waals surface area contributed by atoms with Crippen molar-refractivity contribution in [1.82, 2.24) is 4.98 Å². The number of halogens is 1. The number of unbranched alkanes of at least 4 members (excludes halogenated alkanes) is 1. The van der Waals surface area contributed by atoms with E-state index in [1.807, 2.05) is 25.1 Å². The van der Waals surface area contributed by atoms with Crippen LogP contribution in [0.15, 0.2) is 30.3 Å². The van der Waals surface area contributed by atoms with E-state index in [1.165, 1.54) is 30.6 Å². The zero-order chi connectivity index (χ0) is 18.2. The van der Waals surface area contributed by atoms with Gasteiger partial charge in [-0.15, -0.1) is 11.3 Å². The largest absolute Gasteiger partial charge is 0.464 e. The van der Waals surface area contributed by atoms with Crippen molar-refractivity contribution in [2.45, 2.75) is 19.8 Å². The highest BCUT2D eigenvalue weighted by atomic mass is 35.5. The number of hydrogen-bond acceptors (Lipinski definition) is 6. The fourth-order valence-corrected chi connectivity index (χ4v) is 3.22. The third-order valence-electron chi connectivity index (χ3n) is 3.25. The lowest BCUT2D eigenvalue weighted by Gasteiger charge is -1.99. The smallest absolute Gasteiger partial charge is 0.358 e. The Morgan fingerprint density at radius 3 is 2.76 bits per heavy atom. The van der Waals surface area contributed by atoms with E-state index >= 15 is 0 Å². The monoisotopic (exact) mass is 379 g/mol. The van der Waals surface area contributed by atoms with Gasteiger partial charge in [-0.3, -0.25) is 0 Å². The molecule has 1 aromatic carbocycles. The van der Waals surface area contributed by atoms with Gasteiger partial charge in [0.05, 0.1) is 23.6 Å². The van der Waals surface area contributed by atoms with Crippen LogP contribution < -0.4 is 0 Å². The van der Waals surface area contributed by atoms with Crippen molar-refractivity contribution in [3.8, 4) is 10.6 Å².